The summed E-state index contributed by atoms with van der Waals surface area (Å²) in [5.74, 6) is 1.82. The Morgan fingerprint density at radius 2 is 2.13 bits per heavy atom. The number of aryl methyl sites for hydroxylation is 1. The first-order valence-electron chi connectivity index (χ1n) is 10.5. The van der Waals surface area contributed by atoms with E-state index in [2.05, 4.69) is 78.5 Å². The molecule has 2 N–H and O–H groups in total. The Labute approximate surface area is 197 Å². The Balaban J connectivity index is 0.00000320. The maximum absolute atomic E-state index is 5.64. The van der Waals surface area contributed by atoms with Crippen LogP contribution >= 0.6 is 24.0 Å². The second-order valence-electron chi connectivity index (χ2n) is 7.57. The van der Waals surface area contributed by atoms with Gasteiger partial charge in [-0.15, -0.1) is 24.0 Å². The quantitative estimate of drug-likeness (QED) is 0.340. The van der Waals surface area contributed by atoms with Gasteiger partial charge in [0, 0.05) is 25.8 Å². The van der Waals surface area contributed by atoms with Gasteiger partial charge in [-0.05, 0) is 56.5 Å². The summed E-state index contributed by atoms with van der Waals surface area (Å²) in [4.78, 5) is 11.6. The highest BCUT2D eigenvalue weighted by atomic mass is 127. The lowest BCUT2D eigenvalue weighted by atomic mass is 10.0. The number of halogens is 1. The average Bonchev–Trinajstić information content (AvgIpc) is 2.72. The molecular weight excluding hydrogens is 489 g/mol. The number of nitrogens with zero attached hydrogens (tertiary/aromatic N) is 3. The van der Waals surface area contributed by atoms with Crippen LogP contribution in [0, 0.1) is 6.92 Å². The molecule has 1 aliphatic heterocycles. The van der Waals surface area contributed by atoms with Crippen LogP contribution in [0.3, 0.4) is 0 Å². The SMILES string of the molecule is CCNC(=NCc1ccnc(N2CCOC(C)C2)c1)NC(C)c1ccccc1C.I. The van der Waals surface area contributed by atoms with Gasteiger partial charge in [-0.25, -0.2) is 9.98 Å². The number of rotatable bonds is 6. The smallest absolute Gasteiger partial charge is 0.192 e. The lowest BCUT2D eigenvalue weighted by Crippen LogP contribution is -2.41. The third-order valence-corrected chi connectivity index (χ3v) is 5.15. The van der Waals surface area contributed by atoms with Gasteiger partial charge in [0.25, 0.3) is 0 Å². The monoisotopic (exact) mass is 523 g/mol. The van der Waals surface area contributed by atoms with E-state index in [-0.39, 0.29) is 36.1 Å². The Morgan fingerprint density at radius 3 is 2.87 bits per heavy atom. The summed E-state index contributed by atoms with van der Waals surface area (Å²) in [7, 11) is 0. The van der Waals surface area contributed by atoms with Crippen LogP contribution in [0.1, 0.15) is 43.5 Å². The van der Waals surface area contributed by atoms with E-state index < -0.39 is 0 Å². The van der Waals surface area contributed by atoms with Gasteiger partial charge >= 0.3 is 0 Å². The zero-order valence-electron chi connectivity index (χ0n) is 18.4. The largest absolute Gasteiger partial charge is 0.375 e. The molecule has 0 radical (unpaired) electrons. The molecule has 30 heavy (non-hydrogen) atoms. The Hall–Kier alpha value is -1.87. The second kappa shape index (κ2) is 12.1. The van der Waals surface area contributed by atoms with Gasteiger partial charge in [-0.1, -0.05) is 24.3 Å². The van der Waals surface area contributed by atoms with E-state index in [1.165, 1.54) is 11.1 Å². The molecule has 6 nitrogen and oxygen atoms in total. The van der Waals surface area contributed by atoms with E-state index in [4.69, 9.17) is 9.73 Å². The molecule has 1 fully saturated rings. The number of pyridine rings is 1. The van der Waals surface area contributed by atoms with Gasteiger partial charge in [0.15, 0.2) is 5.96 Å². The number of guanidine groups is 1. The summed E-state index contributed by atoms with van der Waals surface area (Å²) in [5, 5.41) is 6.88. The topological polar surface area (TPSA) is 61.8 Å². The molecule has 1 saturated heterocycles. The van der Waals surface area contributed by atoms with Gasteiger partial charge in [0.1, 0.15) is 5.82 Å². The summed E-state index contributed by atoms with van der Waals surface area (Å²) in [6.45, 7) is 12.4. The lowest BCUT2D eigenvalue weighted by molar-refractivity contribution is 0.0529. The van der Waals surface area contributed by atoms with E-state index in [1.54, 1.807) is 0 Å². The van der Waals surface area contributed by atoms with Crippen LogP contribution in [0.4, 0.5) is 5.82 Å². The average molecular weight is 523 g/mol. The minimum atomic E-state index is 0. The molecule has 3 rings (SSSR count). The van der Waals surface area contributed by atoms with Crippen molar-refractivity contribution in [3.8, 4) is 0 Å². The molecule has 1 aliphatic rings. The van der Waals surface area contributed by atoms with E-state index in [9.17, 15) is 0 Å². The van der Waals surface area contributed by atoms with Crippen LogP contribution in [0.15, 0.2) is 47.6 Å². The summed E-state index contributed by atoms with van der Waals surface area (Å²) in [6, 6.07) is 12.8. The van der Waals surface area contributed by atoms with E-state index in [0.29, 0.717) is 6.54 Å². The minimum Gasteiger partial charge on any atom is -0.375 e. The molecule has 7 heteroatoms. The number of nitrogens with one attached hydrogen (secondary N) is 2. The van der Waals surface area contributed by atoms with Crippen molar-refractivity contribution < 1.29 is 4.74 Å². The molecule has 0 bridgehead atoms. The molecule has 2 aromatic rings. The first kappa shape index (κ1) is 24.4. The van der Waals surface area contributed by atoms with Crippen LogP contribution in [-0.2, 0) is 11.3 Å². The van der Waals surface area contributed by atoms with E-state index in [1.807, 2.05) is 12.3 Å². The maximum Gasteiger partial charge on any atom is 0.192 e. The fourth-order valence-electron chi connectivity index (χ4n) is 3.60. The van der Waals surface area contributed by atoms with Gasteiger partial charge in [0.05, 0.1) is 25.3 Å². The van der Waals surface area contributed by atoms with E-state index in [0.717, 1.165) is 43.6 Å². The number of aromatic nitrogens is 1. The normalized spacial score (nSPS) is 17.8. The van der Waals surface area contributed by atoms with Gasteiger partial charge < -0.3 is 20.3 Å². The first-order chi connectivity index (χ1) is 14.1. The number of hydrogen-bond acceptors (Lipinski definition) is 4. The molecule has 2 heterocycles. The lowest BCUT2D eigenvalue weighted by Gasteiger charge is -2.32. The highest BCUT2D eigenvalue weighted by Crippen LogP contribution is 2.18. The number of aliphatic imine (C=N–C) groups is 1. The third kappa shape index (κ3) is 6.84. The van der Waals surface area contributed by atoms with Crippen LogP contribution in [0.5, 0.6) is 0 Å². The molecule has 1 aromatic carbocycles. The fraction of sp³-hybridized carbons (Fsp3) is 0.478. The Kier molecular flexibility index (Phi) is 9.84. The van der Waals surface area contributed by atoms with Crippen molar-refractivity contribution in [3.05, 3.63) is 59.3 Å². The van der Waals surface area contributed by atoms with Crippen LogP contribution in [0.2, 0.25) is 0 Å². The molecule has 2 atom stereocenters. The zero-order chi connectivity index (χ0) is 20.6. The molecule has 164 valence electrons. The highest BCUT2D eigenvalue weighted by molar-refractivity contribution is 14.0. The standard InChI is InChI=1S/C23H33N5O.HI/c1-5-24-23(27-19(4)21-9-7-6-8-17(21)2)26-15-20-10-11-25-22(14-20)28-12-13-29-18(3)16-28;/h6-11,14,18-19H,5,12-13,15-16H2,1-4H3,(H2,24,26,27);1H. The summed E-state index contributed by atoms with van der Waals surface area (Å²) < 4.78 is 5.64. The van der Waals surface area contributed by atoms with Gasteiger partial charge in [-0.2, -0.15) is 0 Å². The minimum absolute atomic E-state index is 0. The summed E-state index contributed by atoms with van der Waals surface area (Å²) in [6.07, 6.45) is 2.11. The number of benzene rings is 1. The Morgan fingerprint density at radius 1 is 1.33 bits per heavy atom. The van der Waals surface area contributed by atoms with Crippen LogP contribution in [-0.4, -0.2) is 43.3 Å². The third-order valence-electron chi connectivity index (χ3n) is 5.15. The maximum atomic E-state index is 5.64. The van der Waals surface area contributed by atoms with Gasteiger partial charge in [-0.3, -0.25) is 0 Å². The predicted octanol–water partition coefficient (Wildman–Crippen LogP) is 4.05. The summed E-state index contributed by atoms with van der Waals surface area (Å²) >= 11 is 0. The molecule has 1 aromatic heterocycles. The molecule has 0 saturated carbocycles. The molecule has 0 aliphatic carbocycles. The van der Waals surface area contributed by atoms with E-state index >= 15 is 0 Å². The molecule has 0 amide bonds. The van der Waals surface area contributed by atoms with Crippen LogP contribution < -0.4 is 15.5 Å². The molecule has 2 unspecified atom stereocenters. The van der Waals surface area contributed by atoms with Crippen molar-refractivity contribution in [2.24, 2.45) is 4.99 Å². The summed E-state index contributed by atoms with van der Waals surface area (Å²) in [5.41, 5.74) is 3.71. The van der Waals surface area contributed by atoms with Crippen molar-refractivity contribution in [1.82, 2.24) is 15.6 Å². The number of anilines is 1. The van der Waals surface area contributed by atoms with Crippen molar-refractivity contribution in [1.29, 1.82) is 0 Å². The second-order valence-corrected chi connectivity index (χ2v) is 7.57. The van der Waals surface area contributed by atoms with Crippen LogP contribution in [0.25, 0.3) is 0 Å². The molecular formula is C23H34IN5O. The number of ether oxygens (including phenoxy) is 1. The van der Waals surface area contributed by atoms with Crippen molar-refractivity contribution >= 4 is 35.8 Å². The van der Waals surface area contributed by atoms with Gasteiger partial charge in [0.2, 0.25) is 0 Å². The predicted molar refractivity (Wildman–Crippen MR) is 135 cm³/mol. The first-order valence-corrected chi connectivity index (χ1v) is 10.5. The number of hydrogen-bond donors (Lipinski definition) is 2. The highest BCUT2D eigenvalue weighted by Gasteiger charge is 2.18. The van der Waals surface area contributed by atoms with Crippen molar-refractivity contribution in [3.63, 3.8) is 0 Å². The fourth-order valence-corrected chi connectivity index (χ4v) is 3.60. The zero-order valence-corrected chi connectivity index (χ0v) is 20.7. The Bertz CT molecular complexity index is 829. The van der Waals surface area contributed by atoms with Crippen molar-refractivity contribution in [2.75, 3.05) is 31.1 Å². The van der Waals surface area contributed by atoms with Crippen molar-refractivity contribution in [2.45, 2.75) is 46.4 Å². The molecule has 0 spiro atoms. The number of morpholine rings is 1.